The molecule has 2 aromatic rings. The molecular weight excluding hydrogens is 290 g/mol. The topological polar surface area (TPSA) is 70.3 Å². The van der Waals surface area contributed by atoms with E-state index in [1.807, 2.05) is 24.7 Å². The largest absolute Gasteiger partial charge is 0.391 e. The highest BCUT2D eigenvalue weighted by molar-refractivity contribution is 5.85. The van der Waals surface area contributed by atoms with Gasteiger partial charge in [-0.15, -0.1) is 0 Å². The lowest BCUT2D eigenvalue weighted by Gasteiger charge is -2.33. The van der Waals surface area contributed by atoms with Crippen molar-refractivity contribution in [2.24, 2.45) is 7.05 Å². The first-order valence-electron chi connectivity index (χ1n) is 8.54. The Hall–Kier alpha value is -1.59. The molecule has 126 valence electrons. The van der Waals surface area contributed by atoms with E-state index < -0.39 is 11.7 Å². The average molecular weight is 317 g/mol. The van der Waals surface area contributed by atoms with Gasteiger partial charge in [-0.2, -0.15) is 5.10 Å². The Balaban J connectivity index is 1.60. The van der Waals surface area contributed by atoms with Crippen molar-refractivity contribution in [3.8, 4) is 0 Å². The number of benzene rings is 1. The van der Waals surface area contributed by atoms with Crippen molar-refractivity contribution >= 4 is 16.6 Å². The second-order valence-electron chi connectivity index (χ2n) is 6.96. The Labute approximate surface area is 137 Å². The number of anilines is 1. The summed E-state index contributed by atoms with van der Waals surface area (Å²) in [6, 6.07) is 6.12. The van der Waals surface area contributed by atoms with Gasteiger partial charge in [0.05, 0.1) is 22.9 Å². The van der Waals surface area contributed by atoms with Gasteiger partial charge >= 0.3 is 0 Å². The number of rotatable bonds is 5. The van der Waals surface area contributed by atoms with Crippen molar-refractivity contribution in [3.63, 3.8) is 0 Å². The summed E-state index contributed by atoms with van der Waals surface area (Å²) in [5.74, 6) is 0. The molecule has 1 saturated carbocycles. The summed E-state index contributed by atoms with van der Waals surface area (Å²) in [7, 11) is 1.94. The number of hydrogen-bond donors (Lipinski definition) is 3. The minimum atomic E-state index is -0.678. The van der Waals surface area contributed by atoms with E-state index in [0.717, 1.165) is 48.0 Å². The second kappa shape index (κ2) is 6.49. The third kappa shape index (κ3) is 3.67. The lowest BCUT2D eigenvalue weighted by atomic mass is 9.81. The second-order valence-corrected chi connectivity index (χ2v) is 6.96. The Morgan fingerprint density at radius 2 is 2.04 bits per heavy atom. The summed E-state index contributed by atoms with van der Waals surface area (Å²) in [4.78, 5) is 0. The molecule has 3 N–H and O–H groups in total. The standard InChI is InChI=1S/C18H27N3O2/c1-13-16-7-6-14(10-17(16)21(2)20-13)19-12-15(22)11-18(23)8-4-3-5-9-18/h6-7,10,15,19,22-23H,3-5,8-9,11-12H2,1-2H3. The number of hydrogen-bond acceptors (Lipinski definition) is 4. The van der Waals surface area contributed by atoms with Crippen LogP contribution in [0.3, 0.4) is 0 Å². The van der Waals surface area contributed by atoms with Crippen molar-refractivity contribution in [2.75, 3.05) is 11.9 Å². The van der Waals surface area contributed by atoms with E-state index in [0.29, 0.717) is 13.0 Å². The zero-order valence-electron chi connectivity index (χ0n) is 14.0. The van der Waals surface area contributed by atoms with Crippen LogP contribution in [0.1, 0.15) is 44.2 Å². The smallest absolute Gasteiger partial charge is 0.0739 e. The maximum atomic E-state index is 10.5. The van der Waals surface area contributed by atoms with E-state index in [1.165, 1.54) is 6.42 Å². The fourth-order valence-corrected chi connectivity index (χ4v) is 3.71. The number of nitrogens with one attached hydrogen (secondary N) is 1. The highest BCUT2D eigenvalue weighted by atomic mass is 16.3. The van der Waals surface area contributed by atoms with Gasteiger partial charge in [0.25, 0.3) is 0 Å². The van der Waals surface area contributed by atoms with Crippen LogP contribution in [0.15, 0.2) is 18.2 Å². The Morgan fingerprint density at radius 3 is 2.78 bits per heavy atom. The van der Waals surface area contributed by atoms with Crippen LogP contribution >= 0.6 is 0 Å². The van der Waals surface area contributed by atoms with Gasteiger partial charge in [0.1, 0.15) is 0 Å². The summed E-state index contributed by atoms with van der Waals surface area (Å²) in [6.45, 7) is 2.45. The molecule has 0 amide bonds. The van der Waals surface area contributed by atoms with Crippen LogP contribution in [-0.4, -0.2) is 38.2 Å². The maximum Gasteiger partial charge on any atom is 0.0739 e. The fraction of sp³-hybridized carbons (Fsp3) is 0.611. The van der Waals surface area contributed by atoms with Crippen LogP contribution in [0.2, 0.25) is 0 Å². The van der Waals surface area contributed by atoms with Crippen LogP contribution in [0.4, 0.5) is 5.69 Å². The summed E-state index contributed by atoms with van der Waals surface area (Å²) in [5, 5.41) is 29.6. The van der Waals surface area contributed by atoms with E-state index in [-0.39, 0.29) is 0 Å². The zero-order valence-corrected chi connectivity index (χ0v) is 14.0. The summed E-state index contributed by atoms with van der Waals surface area (Å²) >= 11 is 0. The van der Waals surface area contributed by atoms with Gasteiger partial charge < -0.3 is 15.5 Å². The van der Waals surface area contributed by atoms with Gasteiger partial charge in [0.2, 0.25) is 0 Å². The molecule has 1 aromatic heterocycles. The summed E-state index contributed by atoms with van der Waals surface area (Å²) < 4.78 is 1.87. The van der Waals surface area contributed by atoms with Crippen LogP contribution in [-0.2, 0) is 7.05 Å². The molecule has 1 unspecified atom stereocenters. The molecule has 5 heteroatoms. The van der Waals surface area contributed by atoms with Crippen LogP contribution in [0.5, 0.6) is 0 Å². The van der Waals surface area contributed by atoms with Crippen LogP contribution in [0.25, 0.3) is 10.9 Å². The van der Waals surface area contributed by atoms with Crippen molar-refractivity contribution in [2.45, 2.75) is 57.2 Å². The molecule has 1 atom stereocenters. The minimum Gasteiger partial charge on any atom is -0.391 e. The molecule has 0 saturated heterocycles. The van der Waals surface area contributed by atoms with Gasteiger partial charge in [-0.25, -0.2) is 0 Å². The molecule has 0 radical (unpaired) electrons. The Bertz CT molecular complexity index is 674. The summed E-state index contributed by atoms with van der Waals surface area (Å²) in [5.41, 5.74) is 2.39. The van der Waals surface area contributed by atoms with Crippen molar-refractivity contribution in [1.29, 1.82) is 0 Å². The number of aromatic nitrogens is 2. The Kier molecular flexibility index (Phi) is 4.60. The molecule has 1 aromatic carbocycles. The van der Waals surface area contributed by atoms with E-state index >= 15 is 0 Å². The van der Waals surface area contributed by atoms with Gasteiger partial charge in [0.15, 0.2) is 0 Å². The zero-order chi connectivity index (χ0) is 16.4. The summed E-state index contributed by atoms with van der Waals surface area (Å²) in [6.07, 6.45) is 4.85. The molecule has 3 rings (SSSR count). The van der Waals surface area contributed by atoms with Gasteiger partial charge in [0, 0.05) is 31.1 Å². The van der Waals surface area contributed by atoms with E-state index in [1.54, 1.807) is 0 Å². The maximum absolute atomic E-state index is 10.5. The molecular formula is C18H27N3O2. The number of nitrogens with zero attached hydrogens (tertiary/aromatic N) is 2. The third-order valence-electron chi connectivity index (χ3n) is 4.98. The minimum absolute atomic E-state index is 0.449. The third-order valence-corrected chi connectivity index (χ3v) is 4.98. The van der Waals surface area contributed by atoms with E-state index in [9.17, 15) is 10.2 Å². The van der Waals surface area contributed by atoms with Crippen molar-refractivity contribution in [3.05, 3.63) is 23.9 Å². The lowest BCUT2D eigenvalue weighted by molar-refractivity contribution is -0.0346. The molecule has 1 heterocycles. The predicted octanol–water partition coefficient (Wildman–Crippen LogP) is 2.74. The number of fused-ring (bicyclic) bond motifs is 1. The lowest BCUT2D eigenvalue weighted by Crippen LogP contribution is -2.37. The molecule has 1 aliphatic carbocycles. The van der Waals surface area contributed by atoms with Gasteiger partial charge in [-0.05, 0) is 38.0 Å². The highest BCUT2D eigenvalue weighted by Crippen LogP contribution is 2.32. The molecule has 5 nitrogen and oxygen atoms in total. The molecule has 23 heavy (non-hydrogen) atoms. The van der Waals surface area contributed by atoms with Crippen molar-refractivity contribution < 1.29 is 10.2 Å². The first-order chi connectivity index (χ1) is 11.0. The first kappa shape index (κ1) is 16.3. The molecule has 0 aliphatic heterocycles. The predicted molar refractivity (Wildman–Crippen MR) is 92.6 cm³/mol. The van der Waals surface area contributed by atoms with Gasteiger partial charge in [-0.3, -0.25) is 4.68 Å². The number of aliphatic hydroxyl groups excluding tert-OH is 1. The van der Waals surface area contributed by atoms with Crippen LogP contribution < -0.4 is 5.32 Å². The Morgan fingerprint density at radius 1 is 1.30 bits per heavy atom. The van der Waals surface area contributed by atoms with Gasteiger partial charge in [-0.1, -0.05) is 19.3 Å². The van der Waals surface area contributed by atoms with Crippen molar-refractivity contribution in [1.82, 2.24) is 9.78 Å². The van der Waals surface area contributed by atoms with E-state index in [2.05, 4.69) is 22.5 Å². The molecule has 0 spiro atoms. The highest BCUT2D eigenvalue weighted by Gasteiger charge is 2.31. The van der Waals surface area contributed by atoms with E-state index in [4.69, 9.17) is 0 Å². The molecule has 1 fully saturated rings. The average Bonchev–Trinajstić information content (AvgIpc) is 2.80. The number of aliphatic hydroxyl groups is 2. The number of aryl methyl sites for hydroxylation is 2. The monoisotopic (exact) mass is 317 g/mol. The quantitative estimate of drug-likeness (QED) is 0.793. The molecule has 1 aliphatic rings. The fourth-order valence-electron chi connectivity index (χ4n) is 3.71. The molecule has 0 bridgehead atoms. The first-order valence-corrected chi connectivity index (χ1v) is 8.54. The van der Waals surface area contributed by atoms with Crippen LogP contribution in [0, 0.1) is 6.92 Å². The normalized spacial score (nSPS) is 19.0. The SMILES string of the molecule is Cc1nn(C)c2cc(NCC(O)CC3(O)CCCCC3)ccc12.